The first kappa shape index (κ1) is 15.9. The van der Waals surface area contributed by atoms with Crippen molar-refractivity contribution in [3.05, 3.63) is 77.0 Å². The van der Waals surface area contributed by atoms with Crippen LogP contribution in [0.1, 0.15) is 32.0 Å². The van der Waals surface area contributed by atoms with Gasteiger partial charge in [-0.1, -0.05) is 48.5 Å². The number of rotatable bonds is 4. The lowest BCUT2D eigenvalue weighted by Gasteiger charge is -2.09. The minimum absolute atomic E-state index is 0.227. The van der Waals surface area contributed by atoms with Gasteiger partial charge in [-0.3, -0.25) is 9.78 Å². The lowest BCUT2D eigenvalue weighted by atomic mass is 10.0. The van der Waals surface area contributed by atoms with Gasteiger partial charge < -0.3 is 4.74 Å². The number of para-hydroxylation sites is 1. The monoisotopic (exact) mass is 319 g/mol. The Bertz CT molecular complexity index is 917. The van der Waals surface area contributed by atoms with Gasteiger partial charge in [0.25, 0.3) is 0 Å². The van der Waals surface area contributed by atoms with E-state index in [-0.39, 0.29) is 12.4 Å². The van der Waals surface area contributed by atoms with Crippen LogP contribution >= 0.6 is 0 Å². The van der Waals surface area contributed by atoms with Gasteiger partial charge in [-0.05, 0) is 25.5 Å². The summed E-state index contributed by atoms with van der Waals surface area (Å²) < 4.78 is 5.23. The van der Waals surface area contributed by atoms with Crippen LogP contribution in [-0.2, 0) is 4.74 Å². The third-order valence-electron chi connectivity index (χ3n) is 3.82. The van der Waals surface area contributed by atoms with Crippen LogP contribution in [-0.4, -0.2) is 23.3 Å². The fraction of sp³-hybridized carbons (Fsp3) is 0.150. The molecule has 3 aromatic rings. The summed E-state index contributed by atoms with van der Waals surface area (Å²) in [6.07, 6.45) is 0. The van der Waals surface area contributed by atoms with Gasteiger partial charge in [-0.15, -0.1) is 0 Å². The fourth-order valence-corrected chi connectivity index (χ4v) is 2.61. The van der Waals surface area contributed by atoms with Crippen LogP contribution in [0.3, 0.4) is 0 Å². The highest BCUT2D eigenvalue weighted by Gasteiger charge is 2.16. The second-order valence-electron chi connectivity index (χ2n) is 5.65. The molecule has 3 rings (SSSR count). The van der Waals surface area contributed by atoms with Crippen LogP contribution in [0.5, 0.6) is 0 Å². The van der Waals surface area contributed by atoms with Gasteiger partial charge in [0, 0.05) is 16.6 Å². The van der Waals surface area contributed by atoms with E-state index in [1.807, 2.05) is 38.1 Å². The van der Waals surface area contributed by atoms with Crippen molar-refractivity contribution in [2.24, 2.45) is 0 Å². The van der Waals surface area contributed by atoms with E-state index in [1.165, 1.54) is 0 Å². The first-order valence-corrected chi connectivity index (χ1v) is 7.68. The maximum atomic E-state index is 12.5. The smallest absolute Gasteiger partial charge is 0.339 e. The van der Waals surface area contributed by atoms with Crippen LogP contribution in [0.25, 0.3) is 10.9 Å². The maximum Gasteiger partial charge on any atom is 0.339 e. The second kappa shape index (κ2) is 6.62. The summed E-state index contributed by atoms with van der Waals surface area (Å²) in [5, 5.41) is 0.734. The van der Waals surface area contributed by atoms with E-state index in [0.29, 0.717) is 11.1 Å². The maximum absolute atomic E-state index is 12.5. The van der Waals surface area contributed by atoms with Crippen LogP contribution in [0, 0.1) is 13.8 Å². The van der Waals surface area contributed by atoms with E-state index >= 15 is 0 Å². The first-order chi connectivity index (χ1) is 11.6. The van der Waals surface area contributed by atoms with Gasteiger partial charge in [0.15, 0.2) is 12.4 Å². The summed E-state index contributed by atoms with van der Waals surface area (Å²) in [5.74, 6) is -0.740. The Kier molecular flexibility index (Phi) is 4.38. The highest BCUT2D eigenvalue weighted by molar-refractivity contribution is 6.05. The molecule has 0 aliphatic heterocycles. The lowest BCUT2D eigenvalue weighted by Crippen LogP contribution is -2.15. The number of nitrogens with zero attached hydrogens (tertiary/aromatic N) is 1. The van der Waals surface area contributed by atoms with E-state index in [2.05, 4.69) is 4.98 Å². The second-order valence-corrected chi connectivity index (χ2v) is 5.65. The van der Waals surface area contributed by atoms with Gasteiger partial charge in [0.2, 0.25) is 0 Å². The van der Waals surface area contributed by atoms with E-state index in [0.717, 1.165) is 22.2 Å². The SMILES string of the molecule is Cc1cc(C(=O)OCC(=O)c2ccccc2)c2cccc(C)c2n1. The van der Waals surface area contributed by atoms with E-state index in [9.17, 15) is 9.59 Å². The third kappa shape index (κ3) is 3.18. The van der Waals surface area contributed by atoms with Crippen molar-refractivity contribution in [3.63, 3.8) is 0 Å². The van der Waals surface area contributed by atoms with Crippen LogP contribution in [0.4, 0.5) is 0 Å². The van der Waals surface area contributed by atoms with Crippen molar-refractivity contribution >= 4 is 22.7 Å². The predicted octanol–water partition coefficient (Wildman–Crippen LogP) is 3.89. The molecule has 1 aromatic heterocycles. The topological polar surface area (TPSA) is 56.3 Å². The molecule has 0 spiro atoms. The Labute approximate surface area is 140 Å². The molecule has 0 aliphatic rings. The summed E-state index contributed by atoms with van der Waals surface area (Å²) in [5.41, 5.74) is 3.46. The van der Waals surface area contributed by atoms with Crippen molar-refractivity contribution in [2.75, 3.05) is 6.61 Å². The van der Waals surface area contributed by atoms with Gasteiger partial charge in [-0.2, -0.15) is 0 Å². The molecule has 0 saturated carbocycles. The highest BCUT2D eigenvalue weighted by atomic mass is 16.5. The average molecular weight is 319 g/mol. The molecule has 120 valence electrons. The molecular formula is C20H17NO3. The number of hydrogen-bond donors (Lipinski definition) is 0. The quantitative estimate of drug-likeness (QED) is 0.541. The number of carbonyl (C=O) groups is 2. The molecule has 0 aliphatic carbocycles. The number of aromatic nitrogens is 1. The Morgan fingerprint density at radius 2 is 1.75 bits per heavy atom. The van der Waals surface area contributed by atoms with Crippen molar-refractivity contribution in [1.82, 2.24) is 4.98 Å². The van der Waals surface area contributed by atoms with Crippen molar-refractivity contribution < 1.29 is 14.3 Å². The van der Waals surface area contributed by atoms with Crippen molar-refractivity contribution in [1.29, 1.82) is 0 Å². The van der Waals surface area contributed by atoms with Crippen molar-refractivity contribution in [2.45, 2.75) is 13.8 Å². The standard InChI is InChI=1S/C20H17NO3/c1-13-7-6-10-16-17(11-14(2)21-19(13)16)20(23)24-12-18(22)15-8-4-3-5-9-15/h3-11H,12H2,1-2H3. The van der Waals surface area contributed by atoms with E-state index in [4.69, 9.17) is 4.74 Å². The van der Waals surface area contributed by atoms with Gasteiger partial charge in [0.05, 0.1) is 11.1 Å². The number of carbonyl (C=O) groups excluding carboxylic acids is 2. The van der Waals surface area contributed by atoms with Crippen LogP contribution in [0.15, 0.2) is 54.6 Å². The zero-order valence-electron chi connectivity index (χ0n) is 13.6. The fourth-order valence-electron chi connectivity index (χ4n) is 2.61. The number of esters is 1. The first-order valence-electron chi connectivity index (χ1n) is 7.68. The van der Waals surface area contributed by atoms with Gasteiger partial charge in [-0.25, -0.2) is 4.79 Å². The molecule has 0 N–H and O–H groups in total. The largest absolute Gasteiger partial charge is 0.454 e. The Balaban J connectivity index is 1.84. The molecule has 0 radical (unpaired) electrons. The van der Waals surface area contributed by atoms with Crippen molar-refractivity contribution in [3.8, 4) is 0 Å². The van der Waals surface area contributed by atoms with Gasteiger partial charge >= 0.3 is 5.97 Å². The lowest BCUT2D eigenvalue weighted by molar-refractivity contribution is 0.0476. The predicted molar refractivity (Wildman–Crippen MR) is 92.3 cm³/mol. The Morgan fingerprint density at radius 1 is 1.00 bits per heavy atom. The molecular weight excluding hydrogens is 302 g/mol. The number of ether oxygens (including phenoxy) is 1. The molecule has 0 amide bonds. The summed E-state index contributed by atoms with van der Waals surface area (Å²) in [6.45, 7) is 3.50. The Morgan fingerprint density at radius 3 is 2.50 bits per heavy atom. The Hall–Kier alpha value is -3.01. The molecule has 2 aromatic carbocycles. The zero-order chi connectivity index (χ0) is 17.1. The molecule has 4 heteroatoms. The third-order valence-corrected chi connectivity index (χ3v) is 3.82. The molecule has 24 heavy (non-hydrogen) atoms. The molecule has 1 heterocycles. The number of fused-ring (bicyclic) bond motifs is 1. The summed E-state index contributed by atoms with van der Waals surface area (Å²) in [7, 11) is 0. The highest BCUT2D eigenvalue weighted by Crippen LogP contribution is 2.22. The zero-order valence-corrected chi connectivity index (χ0v) is 13.6. The minimum Gasteiger partial charge on any atom is -0.454 e. The number of Topliss-reactive ketones (excluding diaryl/α,β-unsaturated/α-hetero) is 1. The van der Waals surface area contributed by atoms with E-state index in [1.54, 1.807) is 30.3 Å². The van der Waals surface area contributed by atoms with Gasteiger partial charge in [0.1, 0.15) is 0 Å². The molecule has 0 unspecified atom stereocenters. The number of hydrogen-bond acceptors (Lipinski definition) is 4. The molecule has 0 bridgehead atoms. The molecule has 0 fully saturated rings. The normalized spacial score (nSPS) is 10.6. The average Bonchev–Trinajstić information content (AvgIpc) is 2.60. The summed E-state index contributed by atoms with van der Waals surface area (Å²) in [6, 6.07) is 16.1. The molecule has 0 saturated heterocycles. The summed E-state index contributed by atoms with van der Waals surface area (Å²) >= 11 is 0. The van der Waals surface area contributed by atoms with Crippen LogP contribution in [0.2, 0.25) is 0 Å². The van der Waals surface area contributed by atoms with Crippen LogP contribution < -0.4 is 0 Å². The molecule has 4 nitrogen and oxygen atoms in total. The molecule has 0 atom stereocenters. The minimum atomic E-state index is -0.514. The van der Waals surface area contributed by atoms with E-state index < -0.39 is 5.97 Å². The number of benzene rings is 2. The summed E-state index contributed by atoms with van der Waals surface area (Å²) in [4.78, 5) is 29.0. The number of pyridine rings is 1. The number of aryl methyl sites for hydroxylation is 2. The number of ketones is 1.